The van der Waals surface area contributed by atoms with Gasteiger partial charge in [-0.25, -0.2) is 0 Å². The van der Waals surface area contributed by atoms with Crippen LogP contribution >= 0.6 is 0 Å². The fourth-order valence-corrected chi connectivity index (χ4v) is 2.10. The largest absolute Gasteiger partial charge is 0.396 e. The van der Waals surface area contributed by atoms with Gasteiger partial charge in [-0.15, -0.1) is 0 Å². The summed E-state index contributed by atoms with van der Waals surface area (Å²) in [5, 5.41) is 19.1. The summed E-state index contributed by atoms with van der Waals surface area (Å²) in [5.41, 5.74) is 1.07. The van der Waals surface area contributed by atoms with Gasteiger partial charge in [0.05, 0.1) is 18.8 Å². The lowest BCUT2D eigenvalue weighted by molar-refractivity contribution is -0.0745. The van der Waals surface area contributed by atoms with Crippen molar-refractivity contribution in [1.29, 1.82) is 0 Å². The van der Waals surface area contributed by atoms with Gasteiger partial charge in [0.1, 0.15) is 0 Å². The summed E-state index contributed by atoms with van der Waals surface area (Å²) in [6.45, 7) is 0.508. The van der Waals surface area contributed by atoms with Crippen LogP contribution in [0.15, 0.2) is 42.5 Å². The van der Waals surface area contributed by atoms with Crippen LogP contribution in [0.5, 0.6) is 0 Å². The third-order valence-corrected chi connectivity index (χ3v) is 3.09. The summed E-state index contributed by atoms with van der Waals surface area (Å²) >= 11 is 0. The highest BCUT2D eigenvalue weighted by Gasteiger charge is 2.29. The molecule has 0 radical (unpaired) electrons. The molecule has 0 fully saturated rings. The third-order valence-electron chi connectivity index (χ3n) is 3.09. The molecule has 0 spiro atoms. The zero-order chi connectivity index (χ0) is 12.1. The molecule has 0 unspecified atom stereocenters. The molecular weight excluding hydrogens is 216 g/mol. The molecule has 0 aliphatic heterocycles. The van der Waals surface area contributed by atoms with Crippen LogP contribution in [0.1, 0.15) is 12.0 Å². The summed E-state index contributed by atoms with van der Waals surface area (Å²) in [7, 11) is 0. The molecule has 3 nitrogen and oxygen atoms in total. The molecule has 0 aromatic heterocycles. The monoisotopic (exact) mass is 234 g/mol. The van der Waals surface area contributed by atoms with E-state index in [-0.39, 0.29) is 18.6 Å². The van der Waals surface area contributed by atoms with Gasteiger partial charge >= 0.3 is 0 Å². The highest BCUT2D eigenvalue weighted by molar-refractivity contribution is 5.13. The smallest absolute Gasteiger partial charge is 0.0986 e. The molecule has 1 aromatic rings. The first kappa shape index (κ1) is 12.3. The maximum Gasteiger partial charge on any atom is 0.0986 e. The lowest BCUT2D eigenvalue weighted by Gasteiger charge is -2.31. The van der Waals surface area contributed by atoms with Gasteiger partial charge in [-0.2, -0.15) is 0 Å². The Bertz CT molecular complexity index is 361. The van der Waals surface area contributed by atoms with Crippen molar-refractivity contribution in [3.8, 4) is 0 Å². The van der Waals surface area contributed by atoms with Crippen LogP contribution in [0.2, 0.25) is 0 Å². The van der Waals surface area contributed by atoms with E-state index in [2.05, 4.69) is 0 Å². The number of hydrogen-bond donors (Lipinski definition) is 2. The van der Waals surface area contributed by atoms with Crippen LogP contribution in [-0.4, -0.2) is 29.0 Å². The average Bonchev–Trinajstić information content (AvgIpc) is 2.38. The predicted molar refractivity (Wildman–Crippen MR) is 65.4 cm³/mol. The number of rotatable bonds is 4. The quantitative estimate of drug-likeness (QED) is 0.776. The van der Waals surface area contributed by atoms with E-state index >= 15 is 0 Å². The number of aliphatic hydroxyl groups excluding tert-OH is 2. The van der Waals surface area contributed by atoms with Crippen molar-refractivity contribution >= 4 is 0 Å². The van der Waals surface area contributed by atoms with Crippen molar-refractivity contribution in [2.24, 2.45) is 5.92 Å². The zero-order valence-electron chi connectivity index (χ0n) is 9.70. The Balaban J connectivity index is 1.95. The highest BCUT2D eigenvalue weighted by Crippen LogP contribution is 2.23. The Labute approximate surface area is 101 Å². The number of allylic oxidation sites excluding steroid dienone is 1. The molecule has 0 heterocycles. The van der Waals surface area contributed by atoms with Crippen LogP contribution in [-0.2, 0) is 11.3 Å². The second-order valence-electron chi connectivity index (χ2n) is 4.36. The van der Waals surface area contributed by atoms with Crippen molar-refractivity contribution < 1.29 is 14.9 Å². The third kappa shape index (κ3) is 3.16. The molecule has 3 heteroatoms. The normalized spacial score (nSPS) is 28.2. The summed E-state index contributed by atoms with van der Waals surface area (Å²) < 4.78 is 5.72. The van der Waals surface area contributed by atoms with E-state index in [1.54, 1.807) is 6.08 Å². The van der Waals surface area contributed by atoms with E-state index < -0.39 is 6.10 Å². The number of ether oxygens (including phenoxy) is 1. The molecule has 2 N–H and O–H groups in total. The van der Waals surface area contributed by atoms with E-state index in [9.17, 15) is 10.2 Å². The van der Waals surface area contributed by atoms with Gasteiger partial charge in [-0.05, 0) is 12.0 Å². The number of aliphatic hydroxyl groups is 2. The molecule has 0 amide bonds. The van der Waals surface area contributed by atoms with E-state index in [0.717, 1.165) is 12.0 Å². The highest BCUT2D eigenvalue weighted by atomic mass is 16.5. The molecule has 2 rings (SSSR count). The van der Waals surface area contributed by atoms with Crippen LogP contribution < -0.4 is 0 Å². The summed E-state index contributed by atoms with van der Waals surface area (Å²) in [4.78, 5) is 0. The molecule has 0 saturated heterocycles. The second-order valence-corrected chi connectivity index (χ2v) is 4.36. The molecule has 1 aliphatic rings. The van der Waals surface area contributed by atoms with Crippen LogP contribution in [0.3, 0.4) is 0 Å². The molecule has 3 atom stereocenters. The molecule has 92 valence electrons. The molecule has 0 saturated carbocycles. The lowest BCUT2D eigenvalue weighted by atomic mass is 9.90. The first-order valence-electron chi connectivity index (χ1n) is 5.92. The van der Waals surface area contributed by atoms with E-state index in [4.69, 9.17) is 4.74 Å². The van der Waals surface area contributed by atoms with E-state index in [1.165, 1.54) is 0 Å². The maximum atomic E-state index is 9.83. The van der Waals surface area contributed by atoms with Gasteiger partial charge in [0.2, 0.25) is 0 Å². The molecule has 1 aromatic carbocycles. The van der Waals surface area contributed by atoms with Crippen LogP contribution in [0.4, 0.5) is 0 Å². The Hall–Kier alpha value is -1.16. The molecular formula is C14H18O3. The lowest BCUT2D eigenvalue weighted by Crippen LogP contribution is -2.38. The van der Waals surface area contributed by atoms with Crippen molar-refractivity contribution in [3.05, 3.63) is 48.0 Å². The summed E-state index contributed by atoms with van der Waals surface area (Å²) in [5.74, 6) is -0.0151. The van der Waals surface area contributed by atoms with E-state index in [0.29, 0.717) is 6.61 Å². The minimum atomic E-state index is -0.621. The van der Waals surface area contributed by atoms with Crippen molar-refractivity contribution in [2.45, 2.75) is 25.2 Å². The standard InChI is InChI=1S/C14H18O3/c15-9-12-7-4-8-13(16)14(12)17-10-11-5-2-1-3-6-11/h1-6,8,12-16H,7,9-10H2/t12-,13-,14+/m1/s1. The van der Waals surface area contributed by atoms with Gasteiger partial charge in [0.25, 0.3) is 0 Å². The molecule has 0 bridgehead atoms. The van der Waals surface area contributed by atoms with E-state index in [1.807, 2.05) is 36.4 Å². The van der Waals surface area contributed by atoms with Crippen LogP contribution in [0, 0.1) is 5.92 Å². The SMILES string of the molecule is OC[C@H]1CC=C[C@@H](O)[C@H]1OCc1ccccc1. The number of benzene rings is 1. The first-order valence-corrected chi connectivity index (χ1v) is 5.92. The number of hydrogen-bond acceptors (Lipinski definition) is 3. The Kier molecular flexibility index (Phi) is 4.31. The van der Waals surface area contributed by atoms with Crippen molar-refractivity contribution in [2.75, 3.05) is 6.61 Å². The summed E-state index contributed by atoms with van der Waals surface area (Å²) in [6.07, 6.45) is 3.46. The van der Waals surface area contributed by atoms with Gasteiger partial charge in [0, 0.05) is 12.5 Å². The van der Waals surface area contributed by atoms with Gasteiger partial charge in [-0.3, -0.25) is 0 Å². The van der Waals surface area contributed by atoms with Crippen molar-refractivity contribution in [1.82, 2.24) is 0 Å². The first-order chi connectivity index (χ1) is 8.31. The molecule has 1 aliphatic carbocycles. The summed E-state index contributed by atoms with van der Waals surface area (Å²) in [6, 6.07) is 9.84. The molecule has 17 heavy (non-hydrogen) atoms. The Morgan fingerprint density at radius 2 is 2.00 bits per heavy atom. The minimum absolute atomic E-state index is 0.0151. The zero-order valence-corrected chi connectivity index (χ0v) is 9.70. The fourth-order valence-electron chi connectivity index (χ4n) is 2.10. The predicted octanol–water partition coefficient (Wildman–Crippen LogP) is 1.50. The van der Waals surface area contributed by atoms with Crippen LogP contribution in [0.25, 0.3) is 0 Å². The Morgan fingerprint density at radius 1 is 1.24 bits per heavy atom. The van der Waals surface area contributed by atoms with Crippen molar-refractivity contribution in [3.63, 3.8) is 0 Å². The van der Waals surface area contributed by atoms with Gasteiger partial charge in [0.15, 0.2) is 0 Å². The average molecular weight is 234 g/mol. The van der Waals surface area contributed by atoms with Gasteiger partial charge in [-0.1, -0.05) is 42.5 Å². The second kappa shape index (κ2) is 5.96. The minimum Gasteiger partial charge on any atom is -0.396 e. The maximum absolute atomic E-state index is 9.83. The Morgan fingerprint density at radius 3 is 2.71 bits per heavy atom. The topological polar surface area (TPSA) is 49.7 Å². The fraction of sp³-hybridized carbons (Fsp3) is 0.429. The van der Waals surface area contributed by atoms with Gasteiger partial charge < -0.3 is 14.9 Å².